The van der Waals surface area contributed by atoms with Crippen LogP contribution in [0.5, 0.6) is 0 Å². The molecule has 0 aliphatic heterocycles. The Morgan fingerprint density at radius 2 is 2.33 bits per heavy atom. The molecule has 1 N–H and O–H groups in total. The minimum absolute atomic E-state index is 0.136. The van der Waals surface area contributed by atoms with Gasteiger partial charge >= 0.3 is 5.97 Å². The van der Waals surface area contributed by atoms with Gasteiger partial charge in [-0.2, -0.15) is 0 Å². The molecule has 0 aliphatic carbocycles. The number of aliphatic carboxylic acids is 1. The molecule has 0 saturated heterocycles. The van der Waals surface area contributed by atoms with Gasteiger partial charge in [-0.15, -0.1) is 0 Å². The van der Waals surface area contributed by atoms with E-state index in [4.69, 9.17) is 5.11 Å². The van der Waals surface area contributed by atoms with Crippen molar-refractivity contribution in [3.8, 4) is 0 Å². The van der Waals surface area contributed by atoms with Crippen LogP contribution in [-0.2, 0) is 4.79 Å². The highest BCUT2D eigenvalue weighted by Gasteiger charge is 1.95. The Bertz CT molecular complexity index is 145. The molecule has 2 nitrogen and oxygen atoms in total. The van der Waals surface area contributed by atoms with E-state index in [1.165, 1.54) is 6.08 Å². The SMILES string of the molecule is C=C(C=CCC)C(=O)O. The molecule has 2 heteroatoms. The van der Waals surface area contributed by atoms with Gasteiger partial charge in [-0.3, -0.25) is 0 Å². The Hall–Kier alpha value is -1.05. The van der Waals surface area contributed by atoms with E-state index in [-0.39, 0.29) is 5.57 Å². The molecule has 0 bridgehead atoms. The van der Waals surface area contributed by atoms with Crippen LogP contribution in [0.1, 0.15) is 13.3 Å². The molecule has 0 aromatic rings. The van der Waals surface area contributed by atoms with Crippen LogP contribution >= 0.6 is 0 Å². The summed E-state index contributed by atoms with van der Waals surface area (Å²) >= 11 is 0. The number of hydrogen-bond donors (Lipinski definition) is 1. The monoisotopic (exact) mass is 126 g/mol. The fourth-order valence-corrected chi connectivity index (χ4v) is 0.331. The Morgan fingerprint density at radius 1 is 1.78 bits per heavy atom. The van der Waals surface area contributed by atoms with E-state index < -0.39 is 5.97 Å². The third kappa shape index (κ3) is 3.53. The third-order valence-electron chi connectivity index (χ3n) is 0.829. The van der Waals surface area contributed by atoms with Gasteiger partial charge in [-0.25, -0.2) is 4.79 Å². The highest BCUT2D eigenvalue weighted by atomic mass is 16.4. The van der Waals surface area contributed by atoms with Gasteiger partial charge < -0.3 is 5.11 Å². The molecule has 9 heavy (non-hydrogen) atoms. The van der Waals surface area contributed by atoms with Crippen LogP contribution in [0.4, 0.5) is 0 Å². The fourth-order valence-electron chi connectivity index (χ4n) is 0.331. The minimum Gasteiger partial charge on any atom is -0.478 e. The Kier molecular flexibility index (Phi) is 3.44. The van der Waals surface area contributed by atoms with Crippen LogP contribution in [-0.4, -0.2) is 11.1 Å². The van der Waals surface area contributed by atoms with Crippen LogP contribution < -0.4 is 0 Å². The second kappa shape index (κ2) is 3.89. The zero-order valence-electron chi connectivity index (χ0n) is 5.42. The maximum Gasteiger partial charge on any atom is 0.335 e. The topological polar surface area (TPSA) is 37.3 Å². The Balaban J connectivity index is 3.77. The molecule has 0 fully saturated rings. The van der Waals surface area contributed by atoms with Gasteiger partial charge in [0, 0.05) is 0 Å². The van der Waals surface area contributed by atoms with Crippen LogP contribution in [0.15, 0.2) is 24.3 Å². The molecule has 0 spiro atoms. The summed E-state index contributed by atoms with van der Waals surface area (Å²) in [5, 5.41) is 8.26. The lowest BCUT2D eigenvalue weighted by atomic mass is 10.2. The molecule has 0 aromatic heterocycles. The van der Waals surface area contributed by atoms with E-state index in [0.717, 1.165) is 6.42 Å². The second-order valence-electron chi connectivity index (χ2n) is 1.64. The summed E-state index contributed by atoms with van der Waals surface area (Å²) in [6.45, 7) is 5.24. The van der Waals surface area contributed by atoms with E-state index in [1.54, 1.807) is 6.08 Å². The summed E-state index contributed by atoms with van der Waals surface area (Å²) in [6, 6.07) is 0. The summed E-state index contributed by atoms with van der Waals surface area (Å²) in [5.41, 5.74) is 0.136. The van der Waals surface area contributed by atoms with Crippen molar-refractivity contribution in [2.45, 2.75) is 13.3 Å². The Morgan fingerprint density at radius 3 is 2.67 bits per heavy atom. The van der Waals surface area contributed by atoms with Gasteiger partial charge in [-0.1, -0.05) is 25.7 Å². The predicted octanol–water partition coefficient (Wildman–Crippen LogP) is 1.59. The quantitative estimate of drug-likeness (QED) is 0.460. The second-order valence-corrected chi connectivity index (χ2v) is 1.64. The third-order valence-corrected chi connectivity index (χ3v) is 0.829. The number of carboxylic acid groups (broad SMARTS) is 1. The van der Waals surface area contributed by atoms with Crippen molar-refractivity contribution in [1.29, 1.82) is 0 Å². The van der Waals surface area contributed by atoms with E-state index in [2.05, 4.69) is 6.58 Å². The largest absolute Gasteiger partial charge is 0.478 e. The van der Waals surface area contributed by atoms with E-state index >= 15 is 0 Å². The first kappa shape index (κ1) is 7.95. The zero-order valence-corrected chi connectivity index (χ0v) is 5.42. The average molecular weight is 126 g/mol. The molecule has 0 saturated carbocycles. The molecule has 0 unspecified atom stereocenters. The number of carboxylic acids is 1. The first-order chi connectivity index (χ1) is 4.18. The summed E-state index contributed by atoms with van der Waals surface area (Å²) in [7, 11) is 0. The lowest BCUT2D eigenvalue weighted by Crippen LogP contribution is -1.94. The van der Waals surface area contributed by atoms with E-state index in [1.807, 2.05) is 6.92 Å². The lowest BCUT2D eigenvalue weighted by Gasteiger charge is -1.86. The first-order valence-electron chi connectivity index (χ1n) is 2.77. The summed E-state index contributed by atoms with van der Waals surface area (Å²) < 4.78 is 0. The van der Waals surface area contributed by atoms with Gasteiger partial charge in [0.1, 0.15) is 0 Å². The maximum atomic E-state index is 10.1. The van der Waals surface area contributed by atoms with Crippen molar-refractivity contribution in [2.24, 2.45) is 0 Å². The highest BCUT2D eigenvalue weighted by molar-refractivity contribution is 5.88. The number of allylic oxidation sites excluding steroid dienone is 1. The van der Waals surface area contributed by atoms with E-state index in [9.17, 15) is 4.79 Å². The Labute approximate surface area is 54.5 Å². The summed E-state index contributed by atoms with van der Waals surface area (Å²) in [4.78, 5) is 10.1. The van der Waals surface area contributed by atoms with Gasteiger partial charge in [0.2, 0.25) is 0 Å². The van der Waals surface area contributed by atoms with Gasteiger partial charge in [0.05, 0.1) is 5.57 Å². The smallest absolute Gasteiger partial charge is 0.335 e. The highest BCUT2D eigenvalue weighted by Crippen LogP contribution is 1.92. The average Bonchev–Trinajstić information content (AvgIpc) is 1.82. The molecular formula is C7H10O2. The summed E-state index contributed by atoms with van der Waals surface area (Å²) in [6.07, 6.45) is 4.10. The zero-order chi connectivity index (χ0) is 7.28. The van der Waals surface area contributed by atoms with Crippen molar-refractivity contribution in [3.05, 3.63) is 24.3 Å². The molecule has 0 heterocycles. The van der Waals surface area contributed by atoms with Crippen molar-refractivity contribution in [1.82, 2.24) is 0 Å². The molecule has 0 aliphatic rings. The van der Waals surface area contributed by atoms with Crippen LogP contribution in [0.2, 0.25) is 0 Å². The van der Waals surface area contributed by atoms with Crippen LogP contribution in [0, 0.1) is 0 Å². The maximum absolute atomic E-state index is 10.1. The predicted molar refractivity (Wildman–Crippen MR) is 36.2 cm³/mol. The molecule has 0 atom stereocenters. The normalized spacial score (nSPS) is 9.89. The molecule has 50 valence electrons. The lowest BCUT2D eigenvalue weighted by molar-refractivity contribution is -0.132. The molecule has 0 amide bonds. The van der Waals surface area contributed by atoms with Crippen molar-refractivity contribution < 1.29 is 9.90 Å². The van der Waals surface area contributed by atoms with Crippen molar-refractivity contribution >= 4 is 5.97 Å². The standard InChI is InChI=1S/C7H10O2/c1-3-4-5-6(2)7(8)9/h4-5H,2-3H2,1H3,(H,8,9). The first-order valence-corrected chi connectivity index (χ1v) is 2.77. The molecule has 0 aromatic carbocycles. The van der Waals surface area contributed by atoms with Crippen LogP contribution in [0.25, 0.3) is 0 Å². The number of hydrogen-bond acceptors (Lipinski definition) is 1. The van der Waals surface area contributed by atoms with E-state index in [0.29, 0.717) is 0 Å². The molecule has 0 rings (SSSR count). The van der Waals surface area contributed by atoms with Crippen molar-refractivity contribution in [3.63, 3.8) is 0 Å². The fraction of sp³-hybridized carbons (Fsp3) is 0.286. The van der Waals surface area contributed by atoms with Gasteiger partial charge in [0.15, 0.2) is 0 Å². The summed E-state index contributed by atoms with van der Waals surface area (Å²) in [5.74, 6) is -0.959. The van der Waals surface area contributed by atoms with Crippen molar-refractivity contribution in [2.75, 3.05) is 0 Å². The number of carbonyl (C=O) groups is 1. The van der Waals surface area contributed by atoms with Crippen LogP contribution in [0.3, 0.4) is 0 Å². The van der Waals surface area contributed by atoms with Gasteiger partial charge in [-0.05, 0) is 6.42 Å². The minimum atomic E-state index is -0.959. The molecular weight excluding hydrogens is 116 g/mol. The molecule has 0 radical (unpaired) electrons. The van der Waals surface area contributed by atoms with Gasteiger partial charge in [0.25, 0.3) is 0 Å². The number of rotatable bonds is 3.